The summed E-state index contributed by atoms with van der Waals surface area (Å²) in [6.45, 7) is 1.54. The monoisotopic (exact) mass is 267 g/mol. The normalized spacial score (nSPS) is 18.3. The maximum atomic E-state index is 13.0. The second kappa shape index (κ2) is 5.57. The first-order valence-electron chi connectivity index (χ1n) is 6.40. The van der Waals surface area contributed by atoms with Crippen LogP contribution in [0.3, 0.4) is 0 Å². The summed E-state index contributed by atoms with van der Waals surface area (Å²) in [5.41, 5.74) is -0.489. The Morgan fingerprint density at radius 1 is 1.58 bits per heavy atom. The second-order valence-electron chi connectivity index (χ2n) is 5.00. The average molecular weight is 267 g/mol. The topological polar surface area (TPSA) is 58.6 Å². The molecule has 0 aliphatic heterocycles. The maximum absolute atomic E-state index is 13.0. The lowest BCUT2D eigenvalue weighted by atomic mass is 9.77. The highest BCUT2D eigenvalue weighted by molar-refractivity contribution is 5.81. The van der Waals surface area contributed by atoms with E-state index in [1.54, 1.807) is 13.0 Å². The molecule has 5 heteroatoms. The summed E-state index contributed by atoms with van der Waals surface area (Å²) < 4.78 is 18.4. The van der Waals surface area contributed by atoms with Gasteiger partial charge in [-0.25, -0.2) is 4.39 Å². The van der Waals surface area contributed by atoms with E-state index in [0.29, 0.717) is 5.75 Å². The van der Waals surface area contributed by atoms with E-state index in [1.165, 1.54) is 18.2 Å². The number of amides is 1. The van der Waals surface area contributed by atoms with Gasteiger partial charge in [0.25, 0.3) is 5.91 Å². The van der Waals surface area contributed by atoms with Crippen LogP contribution in [-0.2, 0) is 4.79 Å². The van der Waals surface area contributed by atoms with Crippen LogP contribution >= 0.6 is 0 Å². The molecule has 0 saturated heterocycles. The molecule has 1 fully saturated rings. The van der Waals surface area contributed by atoms with Crippen LogP contribution in [0.4, 0.5) is 4.39 Å². The first-order valence-corrected chi connectivity index (χ1v) is 6.40. The summed E-state index contributed by atoms with van der Waals surface area (Å²) in [4.78, 5) is 12.0. The van der Waals surface area contributed by atoms with E-state index in [2.05, 4.69) is 5.32 Å². The number of benzene rings is 1. The molecule has 1 aliphatic rings. The molecule has 1 aromatic carbocycles. The molecule has 104 valence electrons. The van der Waals surface area contributed by atoms with Crippen molar-refractivity contribution in [3.63, 3.8) is 0 Å². The fourth-order valence-electron chi connectivity index (χ4n) is 2.09. The van der Waals surface area contributed by atoms with Crippen LogP contribution in [0, 0.1) is 5.82 Å². The van der Waals surface area contributed by atoms with E-state index < -0.39 is 17.5 Å². The minimum absolute atomic E-state index is 0.0641. The van der Waals surface area contributed by atoms with Gasteiger partial charge in [-0.1, -0.05) is 6.07 Å². The van der Waals surface area contributed by atoms with Gasteiger partial charge in [-0.15, -0.1) is 0 Å². The Hall–Kier alpha value is -1.62. The van der Waals surface area contributed by atoms with Gasteiger partial charge < -0.3 is 15.2 Å². The second-order valence-corrected chi connectivity index (χ2v) is 5.00. The molecule has 1 unspecified atom stereocenters. The third kappa shape index (κ3) is 3.23. The highest BCUT2D eigenvalue weighted by Gasteiger charge is 2.38. The fraction of sp³-hybridized carbons (Fsp3) is 0.500. The van der Waals surface area contributed by atoms with Gasteiger partial charge in [0.15, 0.2) is 6.10 Å². The fourth-order valence-corrected chi connectivity index (χ4v) is 2.09. The minimum atomic E-state index is -0.731. The summed E-state index contributed by atoms with van der Waals surface area (Å²) in [7, 11) is 0. The average Bonchev–Trinajstić information content (AvgIpc) is 2.33. The quantitative estimate of drug-likeness (QED) is 0.852. The van der Waals surface area contributed by atoms with Crippen molar-refractivity contribution in [2.45, 2.75) is 37.8 Å². The Kier molecular flexibility index (Phi) is 4.04. The highest BCUT2D eigenvalue weighted by Crippen LogP contribution is 2.31. The Labute approximate surface area is 111 Å². The van der Waals surface area contributed by atoms with Gasteiger partial charge in [0, 0.05) is 6.07 Å². The first-order chi connectivity index (χ1) is 9.04. The molecule has 1 saturated carbocycles. The van der Waals surface area contributed by atoms with Crippen LogP contribution in [0.5, 0.6) is 5.75 Å². The summed E-state index contributed by atoms with van der Waals surface area (Å²) in [5, 5.41) is 12.1. The molecule has 19 heavy (non-hydrogen) atoms. The predicted octanol–water partition coefficient (Wildman–Crippen LogP) is 1.62. The number of carbonyl (C=O) groups is 1. The van der Waals surface area contributed by atoms with Crippen molar-refractivity contribution in [3.05, 3.63) is 30.1 Å². The molecule has 0 radical (unpaired) electrons. The minimum Gasteiger partial charge on any atom is -0.481 e. The lowest BCUT2D eigenvalue weighted by Gasteiger charge is -2.41. The Balaban J connectivity index is 1.92. The van der Waals surface area contributed by atoms with E-state index in [4.69, 9.17) is 4.74 Å². The molecule has 4 nitrogen and oxygen atoms in total. The number of aliphatic hydroxyl groups excluding tert-OH is 1. The number of nitrogens with one attached hydrogen (secondary N) is 1. The maximum Gasteiger partial charge on any atom is 0.261 e. The molecule has 2 N–H and O–H groups in total. The van der Waals surface area contributed by atoms with Crippen LogP contribution in [0.25, 0.3) is 0 Å². The number of hydrogen-bond acceptors (Lipinski definition) is 3. The molecule has 1 atom stereocenters. The van der Waals surface area contributed by atoms with Crippen molar-refractivity contribution >= 4 is 5.91 Å². The molecule has 1 aliphatic carbocycles. The summed E-state index contributed by atoms with van der Waals surface area (Å²) in [6.07, 6.45) is 1.83. The Morgan fingerprint density at radius 3 is 2.84 bits per heavy atom. The number of hydrogen-bond donors (Lipinski definition) is 2. The first kappa shape index (κ1) is 13.8. The molecule has 0 heterocycles. The Morgan fingerprint density at radius 2 is 2.32 bits per heavy atom. The van der Waals surface area contributed by atoms with Crippen LogP contribution in [0.15, 0.2) is 24.3 Å². The number of aliphatic hydroxyl groups is 1. The van der Waals surface area contributed by atoms with E-state index in [-0.39, 0.29) is 12.5 Å². The van der Waals surface area contributed by atoms with Gasteiger partial charge in [0.2, 0.25) is 0 Å². The zero-order chi connectivity index (χ0) is 13.9. The van der Waals surface area contributed by atoms with Crippen molar-refractivity contribution in [1.82, 2.24) is 5.32 Å². The molecule has 1 amide bonds. The van der Waals surface area contributed by atoms with E-state index in [1.807, 2.05) is 0 Å². The van der Waals surface area contributed by atoms with Crippen molar-refractivity contribution in [2.75, 3.05) is 6.61 Å². The largest absolute Gasteiger partial charge is 0.481 e. The van der Waals surface area contributed by atoms with Gasteiger partial charge in [-0.05, 0) is 38.3 Å². The SMILES string of the molecule is CC(Oc1cccc(F)c1)C(=O)NC1(CO)CCC1. The summed E-state index contributed by atoms with van der Waals surface area (Å²) in [5.74, 6) is -0.386. The van der Waals surface area contributed by atoms with Gasteiger partial charge in [0.05, 0.1) is 12.1 Å². The smallest absolute Gasteiger partial charge is 0.261 e. The van der Waals surface area contributed by atoms with Gasteiger partial charge >= 0.3 is 0 Å². The van der Waals surface area contributed by atoms with E-state index in [9.17, 15) is 14.3 Å². The molecule has 0 spiro atoms. The lowest BCUT2D eigenvalue weighted by molar-refractivity contribution is -0.131. The third-order valence-corrected chi connectivity index (χ3v) is 3.48. The van der Waals surface area contributed by atoms with Crippen molar-refractivity contribution in [1.29, 1.82) is 0 Å². The number of halogens is 1. The van der Waals surface area contributed by atoms with Crippen molar-refractivity contribution < 1.29 is 19.0 Å². The molecule has 0 aromatic heterocycles. The number of carbonyl (C=O) groups excluding carboxylic acids is 1. The summed E-state index contributed by atoms with van der Waals surface area (Å²) in [6, 6.07) is 5.66. The highest BCUT2D eigenvalue weighted by atomic mass is 19.1. The lowest BCUT2D eigenvalue weighted by Crippen LogP contribution is -2.58. The molecule has 1 aromatic rings. The van der Waals surface area contributed by atoms with Gasteiger partial charge in [-0.3, -0.25) is 4.79 Å². The van der Waals surface area contributed by atoms with Crippen molar-refractivity contribution in [2.24, 2.45) is 0 Å². The Bertz CT molecular complexity index is 454. The third-order valence-electron chi connectivity index (χ3n) is 3.48. The van der Waals surface area contributed by atoms with E-state index >= 15 is 0 Å². The van der Waals surface area contributed by atoms with Crippen LogP contribution in [-0.4, -0.2) is 29.3 Å². The zero-order valence-electron chi connectivity index (χ0n) is 10.9. The molecule has 2 rings (SSSR count). The van der Waals surface area contributed by atoms with Gasteiger partial charge in [0.1, 0.15) is 11.6 Å². The molecular weight excluding hydrogens is 249 g/mol. The number of ether oxygens (including phenoxy) is 1. The van der Waals surface area contributed by atoms with Crippen LogP contribution in [0.2, 0.25) is 0 Å². The van der Waals surface area contributed by atoms with Crippen LogP contribution < -0.4 is 10.1 Å². The summed E-state index contributed by atoms with van der Waals surface area (Å²) >= 11 is 0. The zero-order valence-corrected chi connectivity index (χ0v) is 10.9. The van der Waals surface area contributed by atoms with E-state index in [0.717, 1.165) is 19.3 Å². The standard InChI is InChI=1S/C14H18FNO3/c1-10(19-12-5-2-4-11(15)8-12)13(18)16-14(9-17)6-3-7-14/h2,4-5,8,10,17H,3,6-7,9H2,1H3,(H,16,18). The predicted molar refractivity (Wildman–Crippen MR) is 68.3 cm³/mol. The number of rotatable bonds is 5. The van der Waals surface area contributed by atoms with Crippen molar-refractivity contribution in [3.8, 4) is 5.75 Å². The molecule has 0 bridgehead atoms. The van der Waals surface area contributed by atoms with Crippen LogP contribution in [0.1, 0.15) is 26.2 Å². The van der Waals surface area contributed by atoms with Gasteiger partial charge in [-0.2, -0.15) is 0 Å². The molecular formula is C14H18FNO3.